The second kappa shape index (κ2) is 8.89. The van der Waals surface area contributed by atoms with E-state index >= 15 is 0 Å². The lowest BCUT2D eigenvalue weighted by Gasteiger charge is -2.20. The first-order valence-corrected chi connectivity index (χ1v) is 10.9. The number of ether oxygens (including phenoxy) is 1. The molecular weight excluding hydrogens is 358 g/mol. The molecule has 2 aromatic rings. The SMILES string of the molecule is CC(C)c1ccccc1S(=O)(=O)c1ccc(OCCCNC(C)(C)C)cc1. The van der Waals surface area contributed by atoms with Gasteiger partial charge in [0.1, 0.15) is 5.75 Å². The molecule has 0 saturated heterocycles. The average molecular weight is 390 g/mol. The van der Waals surface area contributed by atoms with Crippen molar-refractivity contribution in [1.82, 2.24) is 5.32 Å². The van der Waals surface area contributed by atoms with Gasteiger partial charge in [-0.05, 0) is 75.5 Å². The van der Waals surface area contributed by atoms with E-state index in [9.17, 15) is 8.42 Å². The summed E-state index contributed by atoms with van der Waals surface area (Å²) in [5, 5.41) is 3.41. The molecule has 0 aliphatic rings. The van der Waals surface area contributed by atoms with Gasteiger partial charge in [-0.3, -0.25) is 0 Å². The van der Waals surface area contributed by atoms with Crippen LogP contribution in [0.15, 0.2) is 58.3 Å². The Labute approximate surface area is 163 Å². The molecule has 0 unspecified atom stereocenters. The highest BCUT2D eigenvalue weighted by molar-refractivity contribution is 7.91. The first kappa shape index (κ1) is 21.5. The van der Waals surface area contributed by atoms with E-state index in [0.29, 0.717) is 17.3 Å². The van der Waals surface area contributed by atoms with Gasteiger partial charge in [0.2, 0.25) is 9.84 Å². The van der Waals surface area contributed by atoms with E-state index < -0.39 is 9.84 Å². The quantitative estimate of drug-likeness (QED) is 0.659. The molecule has 0 amide bonds. The van der Waals surface area contributed by atoms with Gasteiger partial charge in [-0.2, -0.15) is 0 Å². The van der Waals surface area contributed by atoms with Gasteiger partial charge in [0, 0.05) is 5.54 Å². The first-order valence-electron chi connectivity index (χ1n) is 9.43. The van der Waals surface area contributed by atoms with Crippen LogP contribution in [0.2, 0.25) is 0 Å². The van der Waals surface area contributed by atoms with Crippen LogP contribution in [0.4, 0.5) is 0 Å². The Kier molecular flexibility index (Phi) is 7.06. The molecule has 0 aliphatic heterocycles. The third kappa shape index (κ3) is 6.08. The summed E-state index contributed by atoms with van der Waals surface area (Å²) in [6, 6.07) is 13.9. The van der Waals surface area contributed by atoms with Gasteiger partial charge in [0.15, 0.2) is 0 Å². The van der Waals surface area contributed by atoms with Gasteiger partial charge in [0.25, 0.3) is 0 Å². The van der Waals surface area contributed by atoms with Gasteiger partial charge in [-0.25, -0.2) is 8.42 Å². The van der Waals surface area contributed by atoms with E-state index in [4.69, 9.17) is 4.74 Å². The van der Waals surface area contributed by atoms with Gasteiger partial charge < -0.3 is 10.1 Å². The zero-order valence-corrected chi connectivity index (χ0v) is 17.8. The van der Waals surface area contributed by atoms with Crippen molar-refractivity contribution in [3.63, 3.8) is 0 Å². The molecule has 0 atom stereocenters. The maximum atomic E-state index is 13.0. The van der Waals surface area contributed by atoms with Crippen LogP contribution >= 0.6 is 0 Å². The molecule has 0 radical (unpaired) electrons. The number of benzene rings is 2. The molecule has 2 aromatic carbocycles. The smallest absolute Gasteiger partial charge is 0.206 e. The molecule has 148 valence electrons. The van der Waals surface area contributed by atoms with Crippen molar-refractivity contribution in [2.24, 2.45) is 0 Å². The molecule has 27 heavy (non-hydrogen) atoms. The molecule has 0 aromatic heterocycles. The molecule has 0 spiro atoms. The van der Waals surface area contributed by atoms with E-state index in [2.05, 4.69) is 26.1 Å². The van der Waals surface area contributed by atoms with Crippen molar-refractivity contribution >= 4 is 9.84 Å². The number of sulfone groups is 1. The Morgan fingerprint density at radius 2 is 1.63 bits per heavy atom. The van der Waals surface area contributed by atoms with Crippen molar-refractivity contribution in [2.45, 2.75) is 62.3 Å². The Hall–Kier alpha value is -1.85. The third-order valence-corrected chi connectivity index (χ3v) is 6.05. The standard InChI is InChI=1S/C22H31NO3S/c1-17(2)20-9-6-7-10-21(20)27(24,25)19-13-11-18(12-14-19)26-16-8-15-23-22(3,4)5/h6-7,9-14,17,23H,8,15-16H2,1-5H3. The number of nitrogens with one attached hydrogen (secondary N) is 1. The molecular formula is C22H31NO3S. The van der Waals surface area contributed by atoms with Crippen molar-refractivity contribution in [1.29, 1.82) is 0 Å². The minimum atomic E-state index is -3.54. The predicted octanol–water partition coefficient (Wildman–Crippen LogP) is 4.80. The van der Waals surface area contributed by atoms with E-state index in [1.54, 1.807) is 36.4 Å². The lowest BCUT2D eigenvalue weighted by atomic mass is 10.0. The second-order valence-corrected chi connectivity index (χ2v) is 9.96. The highest BCUT2D eigenvalue weighted by atomic mass is 32.2. The number of hydrogen-bond donors (Lipinski definition) is 1. The van der Waals surface area contributed by atoms with E-state index in [-0.39, 0.29) is 16.4 Å². The number of rotatable bonds is 8. The Morgan fingerprint density at radius 1 is 1.00 bits per heavy atom. The Morgan fingerprint density at radius 3 is 2.22 bits per heavy atom. The monoisotopic (exact) mass is 389 g/mol. The minimum Gasteiger partial charge on any atom is -0.494 e. The van der Waals surface area contributed by atoms with Gasteiger partial charge in [0.05, 0.1) is 16.4 Å². The fourth-order valence-electron chi connectivity index (χ4n) is 2.77. The first-order chi connectivity index (χ1) is 12.6. The van der Waals surface area contributed by atoms with Crippen molar-refractivity contribution in [3.05, 3.63) is 54.1 Å². The average Bonchev–Trinajstić information content (AvgIpc) is 2.61. The molecule has 2 rings (SSSR count). The summed E-state index contributed by atoms with van der Waals surface area (Å²) >= 11 is 0. The maximum Gasteiger partial charge on any atom is 0.206 e. The molecule has 5 heteroatoms. The van der Waals surface area contributed by atoms with Crippen LogP contribution in [-0.4, -0.2) is 27.1 Å². The molecule has 4 nitrogen and oxygen atoms in total. The van der Waals surface area contributed by atoms with E-state index in [1.807, 2.05) is 26.0 Å². The van der Waals surface area contributed by atoms with E-state index in [0.717, 1.165) is 18.5 Å². The molecule has 0 heterocycles. The summed E-state index contributed by atoms with van der Waals surface area (Å²) in [4.78, 5) is 0.666. The van der Waals surface area contributed by atoms with Gasteiger partial charge in [-0.1, -0.05) is 32.0 Å². The summed E-state index contributed by atoms with van der Waals surface area (Å²) in [6.45, 7) is 11.9. The predicted molar refractivity (Wildman–Crippen MR) is 110 cm³/mol. The van der Waals surface area contributed by atoms with Crippen LogP contribution in [0.3, 0.4) is 0 Å². The fraction of sp³-hybridized carbons (Fsp3) is 0.455. The molecule has 0 bridgehead atoms. The summed E-state index contributed by atoms with van der Waals surface area (Å²) in [6.07, 6.45) is 0.888. The third-order valence-electron chi connectivity index (χ3n) is 4.21. The highest BCUT2D eigenvalue weighted by Gasteiger charge is 2.22. The van der Waals surface area contributed by atoms with Crippen LogP contribution < -0.4 is 10.1 Å². The summed E-state index contributed by atoms with van der Waals surface area (Å²) in [5.74, 6) is 0.821. The van der Waals surface area contributed by atoms with Gasteiger partial charge >= 0.3 is 0 Å². The van der Waals surface area contributed by atoms with Crippen molar-refractivity contribution < 1.29 is 13.2 Å². The Balaban J connectivity index is 2.04. The maximum absolute atomic E-state index is 13.0. The highest BCUT2D eigenvalue weighted by Crippen LogP contribution is 2.29. The molecule has 0 aliphatic carbocycles. The second-order valence-electron chi connectivity index (χ2n) is 8.05. The summed E-state index contributed by atoms with van der Waals surface area (Å²) in [5.41, 5.74) is 0.937. The molecule has 0 saturated carbocycles. The van der Waals surface area contributed by atoms with Crippen molar-refractivity contribution in [2.75, 3.05) is 13.2 Å². The largest absolute Gasteiger partial charge is 0.494 e. The van der Waals surface area contributed by atoms with Crippen LogP contribution in [0.25, 0.3) is 0 Å². The van der Waals surface area contributed by atoms with Gasteiger partial charge in [-0.15, -0.1) is 0 Å². The lowest BCUT2D eigenvalue weighted by Crippen LogP contribution is -2.36. The number of hydrogen-bond acceptors (Lipinski definition) is 4. The normalized spacial score (nSPS) is 12.4. The summed E-state index contributed by atoms with van der Waals surface area (Å²) in [7, 11) is -3.54. The fourth-order valence-corrected chi connectivity index (χ4v) is 4.39. The minimum absolute atomic E-state index is 0.0995. The van der Waals surface area contributed by atoms with Crippen LogP contribution in [0, 0.1) is 0 Å². The summed E-state index contributed by atoms with van der Waals surface area (Å²) < 4.78 is 31.8. The lowest BCUT2D eigenvalue weighted by molar-refractivity contribution is 0.298. The van der Waals surface area contributed by atoms with Crippen LogP contribution in [-0.2, 0) is 9.84 Å². The van der Waals surface area contributed by atoms with Crippen molar-refractivity contribution in [3.8, 4) is 5.75 Å². The zero-order chi connectivity index (χ0) is 20.1. The molecule has 1 N–H and O–H groups in total. The Bertz CT molecular complexity index is 835. The van der Waals surface area contributed by atoms with Crippen LogP contribution in [0.5, 0.6) is 5.75 Å². The topological polar surface area (TPSA) is 55.4 Å². The zero-order valence-electron chi connectivity index (χ0n) is 17.0. The van der Waals surface area contributed by atoms with E-state index in [1.165, 1.54) is 0 Å². The van der Waals surface area contributed by atoms with Crippen LogP contribution in [0.1, 0.15) is 52.5 Å². The molecule has 0 fully saturated rings.